The third-order valence-electron chi connectivity index (χ3n) is 5.87. The summed E-state index contributed by atoms with van der Waals surface area (Å²) >= 11 is 6.39. The highest BCUT2D eigenvalue weighted by Gasteiger charge is 2.59. The van der Waals surface area contributed by atoms with E-state index in [1.54, 1.807) is 68.4 Å². The van der Waals surface area contributed by atoms with Gasteiger partial charge in [0, 0.05) is 11.8 Å². The Morgan fingerprint density at radius 3 is 2.59 bits per heavy atom. The van der Waals surface area contributed by atoms with Crippen LogP contribution in [-0.4, -0.2) is 43.4 Å². The van der Waals surface area contributed by atoms with Gasteiger partial charge in [0.05, 0.1) is 39.6 Å². The molecule has 1 fully saturated rings. The first kappa shape index (κ1) is 25.0. The van der Waals surface area contributed by atoms with Gasteiger partial charge in [-0.1, -0.05) is 34.2 Å². The van der Waals surface area contributed by atoms with E-state index in [0.29, 0.717) is 39.4 Å². The molecule has 0 bridgehead atoms. The Bertz CT molecular complexity index is 1540. The third kappa shape index (κ3) is 4.62. The number of halogens is 1. The molecule has 12 heteroatoms. The number of aliphatic imine (C=N–C) groups is 1. The van der Waals surface area contributed by atoms with Crippen molar-refractivity contribution in [3.63, 3.8) is 0 Å². The fourth-order valence-electron chi connectivity index (χ4n) is 3.89. The Morgan fingerprint density at radius 1 is 1.11 bits per heavy atom. The zero-order chi connectivity index (χ0) is 26.5. The van der Waals surface area contributed by atoms with Crippen LogP contribution in [0.2, 0.25) is 5.02 Å². The highest BCUT2D eigenvalue weighted by molar-refractivity contribution is 7.89. The smallest absolute Gasteiger partial charge is 0.262 e. The topological polar surface area (TPSA) is 129 Å². The van der Waals surface area contributed by atoms with Gasteiger partial charge < -0.3 is 21.1 Å². The molecule has 2 aliphatic rings. The molecule has 0 aromatic heterocycles. The van der Waals surface area contributed by atoms with Crippen LogP contribution in [0, 0.1) is 0 Å². The molecule has 2 unspecified atom stereocenters. The Balaban J connectivity index is 1.50. The number of sulfonamides is 1. The van der Waals surface area contributed by atoms with E-state index in [1.165, 1.54) is 16.5 Å². The number of hydrogen-bond acceptors (Lipinski definition) is 8. The number of anilines is 3. The minimum absolute atomic E-state index is 0.00534. The van der Waals surface area contributed by atoms with E-state index in [-0.39, 0.29) is 4.90 Å². The summed E-state index contributed by atoms with van der Waals surface area (Å²) in [5.41, 5.74) is 6.82. The van der Waals surface area contributed by atoms with Gasteiger partial charge in [-0.3, -0.25) is 9.80 Å². The fraction of sp³-hybridized carbons (Fsp3) is 0.200. The summed E-state index contributed by atoms with van der Waals surface area (Å²) in [6.45, 7) is 3.13. The maximum absolute atomic E-state index is 13.8. The Labute approximate surface area is 219 Å². The molecule has 4 N–H and O–H groups in total. The van der Waals surface area contributed by atoms with Gasteiger partial charge in [-0.05, 0) is 56.3 Å². The van der Waals surface area contributed by atoms with Gasteiger partial charge in [-0.2, -0.15) is 0 Å². The monoisotopic (exact) mass is 540 g/mol. The molecule has 0 radical (unpaired) electrons. The first-order valence-electron chi connectivity index (χ1n) is 11.3. The maximum atomic E-state index is 13.8. The number of nitrogens with zero attached hydrogens (tertiary/aromatic N) is 3. The second-order valence-electron chi connectivity index (χ2n) is 9.16. The number of amidine groups is 1. The predicted octanol–water partition coefficient (Wildman–Crippen LogP) is 3.93. The zero-order valence-electron chi connectivity index (χ0n) is 20.3. The number of amides is 1. The first-order chi connectivity index (χ1) is 17.5. The van der Waals surface area contributed by atoms with Crippen LogP contribution in [0.5, 0.6) is 5.75 Å². The lowest BCUT2D eigenvalue weighted by atomic mass is 10.1. The quantitative estimate of drug-likeness (QED) is 0.404. The standard InChI is InChI=1S/C25H25ClN6O4S/c1-25(2,27)24(33)28-15-7-6-8-17(13-15)37(34,35)32-23-22(29-19-9-4-5-10-21(19)31(23)32)30-20-14-16(36-3)11-12-18(20)26/h4-14,23H,27H2,1-3H3,(H,28,33)(H,29,30). The number of carbonyl (C=O) groups excluding carboxylic acids is 1. The Kier molecular flexibility index (Phi) is 6.11. The van der Waals surface area contributed by atoms with Crippen LogP contribution in [0.3, 0.4) is 0 Å². The molecule has 3 aromatic carbocycles. The van der Waals surface area contributed by atoms with E-state index in [4.69, 9.17) is 22.1 Å². The van der Waals surface area contributed by atoms with Crippen molar-refractivity contribution in [3.8, 4) is 5.75 Å². The molecule has 2 aliphatic heterocycles. The predicted molar refractivity (Wildman–Crippen MR) is 144 cm³/mol. The molecule has 1 amide bonds. The number of benzene rings is 3. The molecule has 0 saturated carbocycles. The van der Waals surface area contributed by atoms with Crippen LogP contribution in [-0.2, 0) is 14.8 Å². The third-order valence-corrected chi connectivity index (χ3v) is 7.92. The summed E-state index contributed by atoms with van der Waals surface area (Å²) in [7, 11) is -2.49. The summed E-state index contributed by atoms with van der Waals surface area (Å²) in [5, 5.41) is 7.92. The van der Waals surface area contributed by atoms with Gasteiger partial charge >= 0.3 is 0 Å². The highest BCUT2D eigenvalue weighted by atomic mass is 35.5. The molecular formula is C25H25ClN6O4S. The molecule has 2 atom stereocenters. The number of ether oxygens (including phenoxy) is 1. The normalized spacial score (nSPS) is 18.3. The number of nitrogens with one attached hydrogen (secondary N) is 2. The van der Waals surface area contributed by atoms with Crippen LogP contribution < -0.4 is 26.1 Å². The van der Waals surface area contributed by atoms with Crippen LogP contribution in [0.1, 0.15) is 13.8 Å². The van der Waals surface area contributed by atoms with Crippen molar-refractivity contribution < 1.29 is 17.9 Å². The molecule has 1 saturated heterocycles. The molecule has 37 heavy (non-hydrogen) atoms. The molecule has 0 aliphatic carbocycles. The number of hydrazine groups is 1. The van der Waals surface area contributed by atoms with Gasteiger partial charge in [0.15, 0.2) is 6.17 Å². The molecular weight excluding hydrogens is 516 g/mol. The fourth-order valence-corrected chi connectivity index (χ4v) is 5.62. The number of rotatable bonds is 6. The second-order valence-corrected chi connectivity index (χ2v) is 11.4. The van der Waals surface area contributed by atoms with Gasteiger partial charge in [-0.15, -0.1) is 0 Å². The van der Waals surface area contributed by atoms with Crippen LogP contribution >= 0.6 is 11.6 Å². The molecule has 10 nitrogen and oxygen atoms in total. The molecule has 0 spiro atoms. The Hall–Kier alpha value is -3.64. The van der Waals surface area contributed by atoms with E-state index in [1.807, 2.05) is 12.1 Å². The summed E-state index contributed by atoms with van der Waals surface area (Å²) in [4.78, 5) is 17.0. The van der Waals surface area contributed by atoms with Gasteiger partial charge in [-0.25, -0.2) is 13.4 Å². The lowest BCUT2D eigenvalue weighted by Gasteiger charge is -2.18. The van der Waals surface area contributed by atoms with Gasteiger partial charge in [0.2, 0.25) is 5.91 Å². The second kappa shape index (κ2) is 9.03. The van der Waals surface area contributed by atoms with E-state index in [2.05, 4.69) is 15.6 Å². The van der Waals surface area contributed by atoms with E-state index in [0.717, 1.165) is 0 Å². The van der Waals surface area contributed by atoms with Gasteiger partial charge in [0.25, 0.3) is 10.0 Å². The van der Waals surface area contributed by atoms with Gasteiger partial charge in [0.1, 0.15) is 11.6 Å². The summed E-state index contributed by atoms with van der Waals surface area (Å²) in [5.74, 6) is 0.529. The molecule has 3 aromatic rings. The SMILES string of the molecule is COc1ccc(Cl)c(NC2=Nc3ccccc3N3C2N3S(=O)(=O)c2cccc(NC(=O)C(C)(C)N)c2)c1. The summed E-state index contributed by atoms with van der Waals surface area (Å²) in [6.07, 6.45) is -0.719. The number of methoxy groups -OCH3 is 1. The van der Waals surface area contributed by atoms with Crippen molar-refractivity contribution in [1.29, 1.82) is 0 Å². The molecule has 192 valence electrons. The van der Waals surface area contributed by atoms with Crippen molar-refractivity contribution >= 4 is 56.1 Å². The first-order valence-corrected chi connectivity index (χ1v) is 13.1. The Morgan fingerprint density at radius 2 is 1.86 bits per heavy atom. The van der Waals surface area contributed by atoms with E-state index in [9.17, 15) is 13.2 Å². The van der Waals surface area contributed by atoms with Crippen LogP contribution in [0.4, 0.5) is 22.7 Å². The number of carbonyl (C=O) groups is 1. The van der Waals surface area contributed by atoms with Crippen LogP contribution in [0.15, 0.2) is 76.6 Å². The van der Waals surface area contributed by atoms with E-state index < -0.39 is 27.6 Å². The van der Waals surface area contributed by atoms with Crippen molar-refractivity contribution in [2.75, 3.05) is 22.8 Å². The van der Waals surface area contributed by atoms with Crippen molar-refractivity contribution in [1.82, 2.24) is 4.41 Å². The lowest BCUT2D eigenvalue weighted by molar-refractivity contribution is -0.120. The maximum Gasteiger partial charge on any atom is 0.262 e. The average Bonchev–Trinajstić information content (AvgIpc) is 3.62. The van der Waals surface area contributed by atoms with Crippen molar-refractivity contribution in [2.45, 2.75) is 30.4 Å². The lowest BCUT2D eigenvalue weighted by Crippen LogP contribution is -2.45. The zero-order valence-corrected chi connectivity index (χ0v) is 21.8. The molecule has 5 rings (SSSR count). The van der Waals surface area contributed by atoms with Crippen LogP contribution in [0.25, 0.3) is 0 Å². The minimum Gasteiger partial charge on any atom is -0.497 e. The van der Waals surface area contributed by atoms with Crippen molar-refractivity contribution in [2.24, 2.45) is 10.7 Å². The average molecular weight is 541 g/mol. The number of fused-ring (bicyclic) bond motifs is 3. The minimum atomic E-state index is -4.03. The largest absolute Gasteiger partial charge is 0.497 e. The summed E-state index contributed by atoms with van der Waals surface area (Å²) < 4.78 is 34.1. The van der Waals surface area contributed by atoms with E-state index >= 15 is 0 Å². The number of para-hydroxylation sites is 2. The number of nitrogens with two attached hydrogens (primary N) is 1. The van der Waals surface area contributed by atoms with Crippen molar-refractivity contribution in [3.05, 3.63) is 71.8 Å². The summed E-state index contributed by atoms with van der Waals surface area (Å²) in [6, 6.07) is 18.4. The number of hydrogen-bond donors (Lipinski definition) is 3. The molecule has 2 heterocycles. The highest BCUT2D eigenvalue weighted by Crippen LogP contribution is 2.48.